The normalized spacial score (nSPS) is 10.4. The fourth-order valence-corrected chi connectivity index (χ4v) is 3.42. The van der Waals surface area contributed by atoms with E-state index in [0.717, 1.165) is 16.0 Å². The zero-order valence-corrected chi connectivity index (χ0v) is 12.0. The van der Waals surface area contributed by atoms with E-state index in [-0.39, 0.29) is 6.42 Å². The Bertz CT molecular complexity index is 616. The highest BCUT2D eigenvalue weighted by Crippen LogP contribution is 2.27. The van der Waals surface area contributed by atoms with Crippen LogP contribution in [0.1, 0.15) is 20.8 Å². The predicted molar refractivity (Wildman–Crippen MR) is 78.6 cm³/mol. The monoisotopic (exact) mass is 308 g/mol. The number of carbonyl (C=O) groups is 2. The lowest BCUT2D eigenvalue weighted by atomic mass is 10.2. The number of hydrogen-bond donors (Lipinski definition) is 2. The Labute approximate surface area is 124 Å². The molecule has 2 rings (SSSR count). The van der Waals surface area contributed by atoms with Crippen LogP contribution in [0.25, 0.3) is 0 Å². The largest absolute Gasteiger partial charge is 0.481 e. The summed E-state index contributed by atoms with van der Waals surface area (Å²) in [4.78, 5) is 22.9. The summed E-state index contributed by atoms with van der Waals surface area (Å²) in [6.07, 6.45) is 0.0125. The van der Waals surface area contributed by atoms with E-state index in [4.69, 9.17) is 10.2 Å². The van der Waals surface area contributed by atoms with Gasteiger partial charge in [-0.05, 0) is 34.7 Å². The molecule has 0 amide bonds. The molecule has 0 unspecified atom stereocenters. The van der Waals surface area contributed by atoms with Gasteiger partial charge in [0.1, 0.15) is 4.88 Å². The van der Waals surface area contributed by atoms with Crippen molar-refractivity contribution in [3.63, 3.8) is 0 Å². The Balaban J connectivity index is 1.98. The number of carboxylic acid groups (broad SMARTS) is 2. The highest BCUT2D eigenvalue weighted by molar-refractivity contribution is 7.98. The van der Waals surface area contributed by atoms with Crippen molar-refractivity contribution < 1.29 is 19.8 Å². The van der Waals surface area contributed by atoms with Gasteiger partial charge in [0.05, 0.1) is 6.42 Å². The van der Waals surface area contributed by atoms with Gasteiger partial charge in [-0.3, -0.25) is 4.79 Å². The van der Waals surface area contributed by atoms with Crippen LogP contribution < -0.4 is 0 Å². The van der Waals surface area contributed by atoms with Gasteiger partial charge in [0.25, 0.3) is 0 Å². The molecule has 0 atom stereocenters. The Morgan fingerprint density at radius 1 is 1.10 bits per heavy atom. The molecule has 2 aromatic rings. The molecule has 20 heavy (non-hydrogen) atoms. The lowest BCUT2D eigenvalue weighted by Crippen LogP contribution is -1.99. The second-order valence-electron chi connectivity index (χ2n) is 4.08. The number of rotatable bonds is 6. The van der Waals surface area contributed by atoms with Crippen LogP contribution in [0.2, 0.25) is 0 Å². The summed E-state index contributed by atoms with van der Waals surface area (Å²) >= 11 is 2.76. The zero-order chi connectivity index (χ0) is 14.5. The number of thioether (sulfide) groups is 1. The standard InChI is InChI=1S/C14H12O4S2/c15-12(16)7-9-1-3-11(4-2-9)20-8-10-5-6-19-13(10)14(17)18/h1-6H,7-8H2,(H,15,16)(H,17,18). The van der Waals surface area contributed by atoms with Crippen molar-refractivity contribution in [1.82, 2.24) is 0 Å². The van der Waals surface area contributed by atoms with Gasteiger partial charge in [0.15, 0.2) is 0 Å². The Morgan fingerprint density at radius 2 is 1.80 bits per heavy atom. The second kappa shape index (κ2) is 6.58. The van der Waals surface area contributed by atoms with Crippen molar-refractivity contribution in [2.24, 2.45) is 0 Å². The summed E-state index contributed by atoms with van der Waals surface area (Å²) in [7, 11) is 0. The summed E-state index contributed by atoms with van der Waals surface area (Å²) in [6, 6.07) is 9.09. The summed E-state index contributed by atoms with van der Waals surface area (Å²) in [6.45, 7) is 0. The van der Waals surface area contributed by atoms with Crippen molar-refractivity contribution >= 4 is 35.0 Å². The average Bonchev–Trinajstić information content (AvgIpc) is 2.86. The molecule has 0 radical (unpaired) electrons. The molecule has 4 nitrogen and oxygen atoms in total. The first kappa shape index (κ1) is 14.6. The van der Waals surface area contributed by atoms with E-state index < -0.39 is 11.9 Å². The number of thiophene rings is 1. The summed E-state index contributed by atoms with van der Waals surface area (Å²) in [5.41, 5.74) is 1.56. The number of benzene rings is 1. The van der Waals surface area contributed by atoms with Gasteiger partial charge >= 0.3 is 11.9 Å². The van der Waals surface area contributed by atoms with Crippen LogP contribution in [0, 0.1) is 0 Å². The van der Waals surface area contributed by atoms with Gasteiger partial charge in [0, 0.05) is 10.6 Å². The van der Waals surface area contributed by atoms with Crippen LogP contribution in [0.15, 0.2) is 40.6 Å². The molecular formula is C14H12O4S2. The van der Waals surface area contributed by atoms with E-state index in [1.54, 1.807) is 17.5 Å². The lowest BCUT2D eigenvalue weighted by Gasteiger charge is -2.03. The van der Waals surface area contributed by atoms with Crippen molar-refractivity contribution in [3.05, 3.63) is 51.7 Å². The van der Waals surface area contributed by atoms with Crippen LogP contribution in [-0.4, -0.2) is 22.2 Å². The van der Waals surface area contributed by atoms with Gasteiger partial charge in [-0.15, -0.1) is 23.1 Å². The van der Waals surface area contributed by atoms with Gasteiger partial charge in [0.2, 0.25) is 0 Å². The first-order valence-electron chi connectivity index (χ1n) is 5.79. The van der Waals surface area contributed by atoms with Crippen LogP contribution in [0.3, 0.4) is 0 Å². The van der Waals surface area contributed by atoms with Gasteiger partial charge in [-0.1, -0.05) is 12.1 Å². The highest BCUT2D eigenvalue weighted by atomic mass is 32.2. The van der Waals surface area contributed by atoms with E-state index in [9.17, 15) is 9.59 Å². The number of aromatic carboxylic acids is 1. The molecule has 6 heteroatoms. The number of carboxylic acids is 2. The van der Waals surface area contributed by atoms with Crippen molar-refractivity contribution in [3.8, 4) is 0 Å². The van der Waals surface area contributed by atoms with E-state index in [2.05, 4.69) is 0 Å². The van der Waals surface area contributed by atoms with E-state index in [0.29, 0.717) is 10.6 Å². The third-order valence-electron chi connectivity index (χ3n) is 2.61. The molecule has 0 aliphatic heterocycles. The van der Waals surface area contributed by atoms with Crippen LogP contribution in [-0.2, 0) is 17.0 Å². The zero-order valence-electron chi connectivity index (χ0n) is 10.4. The maximum Gasteiger partial charge on any atom is 0.346 e. The first-order valence-corrected chi connectivity index (χ1v) is 7.66. The molecular weight excluding hydrogens is 296 g/mol. The van der Waals surface area contributed by atoms with Gasteiger partial charge in [-0.2, -0.15) is 0 Å². The maximum absolute atomic E-state index is 11.0. The minimum absolute atomic E-state index is 0.0125. The van der Waals surface area contributed by atoms with Crippen LogP contribution in [0.4, 0.5) is 0 Å². The minimum Gasteiger partial charge on any atom is -0.481 e. The molecule has 1 aromatic heterocycles. The summed E-state index contributed by atoms with van der Waals surface area (Å²) in [5, 5.41) is 19.5. The molecule has 0 aliphatic rings. The fraction of sp³-hybridized carbons (Fsp3) is 0.143. The van der Waals surface area contributed by atoms with Crippen LogP contribution in [0.5, 0.6) is 0 Å². The smallest absolute Gasteiger partial charge is 0.346 e. The molecule has 1 heterocycles. The molecule has 104 valence electrons. The number of aliphatic carboxylic acids is 1. The third kappa shape index (κ3) is 3.85. The minimum atomic E-state index is -0.896. The molecule has 0 saturated heterocycles. The highest BCUT2D eigenvalue weighted by Gasteiger charge is 2.11. The van der Waals surface area contributed by atoms with Crippen molar-refractivity contribution in [1.29, 1.82) is 0 Å². The average molecular weight is 308 g/mol. The molecule has 0 fully saturated rings. The Hall–Kier alpha value is -1.79. The quantitative estimate of drug-likeness (QED) is 0.800. The van der Waals surface area contributed by atoms with Gasteiger partial charge < -0.3 is 10.2 Å². The Morgan fingerprint density at radius 3 is 2.40 bits per heavy atom. The van der Waals surface area contributed by atoms with Crippen molar-refractivity contribution in [2.45, 2.75) is 17.1 Å². The molecule has 0 spiro atoms. The third-order valence-corrected chi connectivity index (χ3v) is 4.62. The maximum atomic E-state index is 11.0. The summed E-state index contributed by atoms with van der Waals surface area (Å²) < 4.78 is 0. The first-order chi connectivity index (χ1) is 9.56. The van der Waals surface area contributed by atoms with E-state index >= 15 is 0 Å². The summed E-state index contributed by atoms with van der Waals surface area (Å²) in [5.74, 6) is -1.16. The van der Waals surface area contributed by atoms with Crippen LogP contribution >= 0.6 is 23.1 Å². The molecule has 0 aliphatic carbocycles. The molecule has 1 aromatic carbocycles. The van der Waals surface area contributed by atoms with E-state index in [1.807, 2.05) is 18.2 Å². The topological polar surface area (TPSA) is 74.6 Å². The SMILES string of the molecule is O=C(O)Cc1ccc(SCc2ccsc2C(=O)O)cc1. The fourth-order valence-electron chi connectivity index (χ4n) is 1.68. The lowest BCUT2D eigenvalue weighted by molar-refractivity contribution is -0.136. The second-order valence-corrected chi connectivity index (χ2v) is 6.05. The predicted octanol–water partition coefficient (Wildman–Crippen LogP) is 3.37. The number of hydrogen-bond acceptors (Lipinski definition) is 4. The van der Waals surface area contributed by atoms with E-state index in [1.165, 1.54) is 23.1 Å². The Kier molecular flexibility index (Phi) is 4.81. The van der Waals surface area contributed by atoms with Crippen molar-refractivity contribution in [2.75, 3.05) is 0 Å². The van der Waals surface area contributed by atoms with Gasteiger partial charge in [-0.25, -0.2) is 4.79 Å². The molecule has 2 N–H and O–H groups in total. The molecule has 0 bridgehead atoms. The molecule has 0 saturated carbocycles.